The van der Waals surface area contributed by atoms with Crippen LogP contribution in [0.15, 0.2) is 59.8 Å². The molecule has 0 spiro atoms. The molecule has 4 rings (SSSR count). The molecule has 0 N–H and O–H groups in total. The molecule has 0 saturated heterocycles. The third kappa shape index (κ3) is 2.81. The van der Waals surface area contributed by atoms with E-state index in [1.54, 1.807) is 23.1 Å². The van der Waals surface area contributed by atoms with Crippen LogP contribution < -0.4 is 0 Å². The van der Waals surface area contributed by atoms with E-state index in [0.717, 1.165) is 0 Å². The lowest BCUT2D eigenvalue weighted by Crippen LogP contribution is -1.68. The molecular formula is C19H14S4. The van der Waals surface area contributed by atoms with Gasteiger partial charge >= 0.3 is 0 Å². The number of fused-ring (bicyclic) bond motifs is 2. The lowest BCUT2D eigenvalue weighted by molar-refractivity contribution is 1.78. The SMILES string of the molecule is C=CS/C(=C\C)c1cc2cc3cc(-c4cccs4)sc3cc2s1. The van der Waals surface area contributed by atoms with Gasteiger partial charge in [0.2, 0.25) is 0 Å². The van der Waals surface area contributed by atoms with Gasteiger partial charge in [-0.25, -0.2) is 0 Å². The minimum absolute atomic E-state index is 1.28. The fourth-order valence-corrected chi connectivity index (χ4v) is 6.39. The molecule has 3 heterocycles. The fraction of sp³-hybridized carbons (Fsp3) is 0.0526. The lowest BCUT2D eigenvalue weighted by Gasteiger charge is -1.97. The molecule has 1 aromatic carbocycles. The molecule has 4 heteroatoms. The van der Waals surface area contributed by atoms with Crippen molar-refractivity contribution in [1.82, 2.24) is 0 Å². The minimum atomic E-state index is 1.28. The van der Waals surface area contributed by atoms with E-state index < -0.39 is 0 Å². The number of rotatable bonds is 4. The van der Waals surface area contributed by atoms with Crippen LogP contribution in [0, 0.1) is 0 Å². The van der Waals surface area contributed by atoms with Crippen molar-refractivity contribution >= 4 is 70.8 Å². The van der Waals surface area contributed by atoms with Crippen LogP contribution in [0.2, 0.25) is 0 Å². The molecule has 0 radical (unpaired) electrons. The quantitative estimate of drug-likeness (QED) is 0.350. The van der Waals surface area contributed by atoms with E-state index >= 15 is 0 Å². The van der Waals surface area contributed by atoms with Crippen molar-refractivity contribution in [2.24, 2.45) is 0 Å². The molecule has 4 aromatic rings. The van der Waals surface area contributed by atoms with Crippen LogP contribution in [0.25, 0.3) is 34.8 Å². The molecule has 114 valence electrons. The van der Waals surface area contributed by atoms with Gasteiger partial charge in [-0.05, 0) is 58.8 Å². The standard InChI is InChI=1S/C19H14S4/c1-3-14(20-4-2)18-9-12-8-13-10-19(15-6-5-7-21-15)23-17(13)11-16(12)22-18/h3-11H,2H2,1H3/b14-3-. The van der Waals surface area contributed by atoms with Gasteiger partial charge in [0.25, 0.3) is 0 Å². The van der Waals surface area contributed by atoms with E-state index in [1.807, 2.05) is 28.1 Å². The topological polar surface area (TPSA) is 0 Å². The highest BCUT2D eigenvalue weighted by Crippen LogP contribution is 2.41. The third-order valence-corrected chi connectivity index (χ3v) is 7.93. The van der Waals surface area contributed by atoms with E-state index in [4.69, 9.17) is 0 Å². The maximum absolute atomic E-state index is 3.83. The first-order chi connectivity index (χ1) is 11.3. The van der Waals surface area contributed by atoms with Crippen molar-refractivity contribution in [3.05, 3.63) is 64.7 Å². The molecule has 0 aliphatic rings. The summed E-state index contributed by atoms with van der Waals surface area (Å²) in [6.45, 7) is 5.91. The first-order valence-corrected chi connectivity index (χ1v) is 10.6. The first kappa shape index (κ1) is 15.2. The normalized spacial score (nSPS) is 12.3. The van der Waals surface area contributed by atoms with Gasteiger partial charge in [-0.2, -0.15) is 0 Å². The van der Waals surface area contributed by atoms with Crippen LogP contribution in [0.3, 0.4) is 0 Å². The Morgan fingerprint density at radius 2 is 1.87 bits per heavy atom. The van der Waals surface area contributed by atoms with Crippen LogP contribution in [0.1, 0.15) is 11.8 Å². The Bertz CT molecular complexity index is 962. The van der Waals surface area contributed by atoms with Gasteiger partial charge in [0.1, 0.15) is 0 Å². The second kappa shape index (κ2) is 6.29. The highest BCUT2D eigenvalue weighted by atomic mass is 32.2. The second-order valence-corrected chi connectivity index (χ2v) is 9.19. The summed E-state index contributed by atoms with van der Waals surface area (Å²) in [6.07, 6.45) is 2.16. The Hall–Kier alpha value is -1.33. The average Bonchev–Trinajstić information content (AvgIpc) is 3.26. The Morgan fingerprint density at radius 3 is 2.61 bits per heavy atom. The van der Waals surface area contributed by atoms with Crippen LogP contribution in [0.4, 0.5) is 0 Å². The molecule has 0 bridgehead atoms. The molecule has 0 atom stereocenters. The van der Waals surface area contributed by atoms with Crippen LogP contribution in [-0.2, 0) is 0 Å². The molecule has 23 heavy (non-hydrogen) atoms. The number of thioether (sulfide) groups is 1. The number of allylic oxidation sites excluding steroid dienone is 1. The number of hydrogen-bond acceptors (Lipinski definition) is 4. The average molecular weight is 371 g/mol. The number of hydrogen-bond donors (Lipinski definition) is 0. The summed E-state index contributed by atoms with van der Waals surface area (Å²) in [6, 6.07) is 13.6. The molecule has 3 aromatic heterocycles. The zero-order chi connectivity index (χ0) is 15.8. The summed E-state index contributed by atoms with van der Waals surface area (Å²) in [5.74, 6) is 0. The smallest absolute Gasteiger partial charge is 0.0455 e. The largest absolute Gasteiger partial charge is 0.143 e. The van der Waals surface area contributed by atoms with Crippen molar-refractivity contribution in [2.75, 3.05) is 0 Å². The predicted octanol–water partition coefficient (Wildman–Crippen LogP) is 8.08. The van der Waals surface area contributed by atoms with Crippen LogP contribution in [-0.4, -0.2) is 0 Å². The van der Waals surface area contributed by atoms with Crippen LogP contribution in [0.5, 0.6) is 0 Å². The molecule has 0 unspecified atom stereocenters. The molecule has 0 nitrogen and oxygen atoms in total. The molecule has 0 aliphatic heterocycles. The summed E-state index contributed by atoms with van der Waals surface area (Å²) in [4.78, 5) is 5.32. The maximum Gasteiger partial charge on any atom is 0.0455 e. The Kier molecular flexibility index (Phi) is 4.16. The van der Waals surface area contributed by atoms with Gasteiger partial charge in [0.15, 0.2) is 0 Å². The van der Waals surface area contributed by atoms with Crippen molar-refractivity contribution in [3.63, 3.8) is 0 Å². The third-order valence-electron chi connectivity index (χ3n) is 3.63. The predicted molar refractivity (Wildman–Crippen MR) is 112 cm³/mol. The fourth-order valence-electron chi connectivity index (χ4n) is 2.60. The van der Waals surface area contributed by atoms with Gasteiger partial charge in [-0.15, -0.1) is 34.0 Å². The van der Waals surface area contributed by atoms with E-state index in [-0.39, 0.29) is 0 Å². The van der Waals surface area contributed by atoms with Gasteiger partial charge in [-0.3, -0.25) is 0 Å². The van der Waals surface area contributed by atoms with Crippen molar-refractivity contribution in [1.29, 1.82) is 0 Å². The Morgan fingerprint density at radius 1 is 1.04 bits per heavy atom. The van der Waals surface area contributed by atoms with Gasteiger partial charge in [-0.1, -0.05) is 30.5 Å². The molecule has 0 fully saturated rings. The van der Waals surface area contributed by atoms with Crippen molar-refractivity contribution in [2.45, 2.75) is 6.92 Å². The Labute approximate surface area is 151 Å². The highest BCUT2D eigenvalue weighted by Gasteiger charge is 2.10. The lowest BCUT2D eigenvalue weighted by atomic mass is 10.2. The molecule has 0 aliphatic carbocycles. The summed E-state index contributed by atoms with van der Waals surface area (Å²) in [7, 11) is 0. The van der Waals surface area contributed by atoms with Crippen LogP contribution >= 0.6 is 45.8 Å². The monoisotopic (exact) mass is 370 g/mol. The van der Waals surface area contributed by atoms with E-state index in [9.17, 15) is 0 Å². The zero-order valence-electron chi connectivity index (χ0n) is 12.5. The molecule has 0 saturated carbocycles. The summed E-state index contributed by atoms with van der Waals surface area (Å²) < 4.78 is 2.73. The molecular weight excluding hydrogens is 356 g/mol. The number of benzene rings is 1. The van der Waals surface area contributed by atoms with Crippen molar-refractivity contribution in [3.8, 4) is 9.75 Å². The number of thiophene rings is 3. The summed E-state index contributed by atoms with van der Waals surface area (Å²) >= 11 is 7.25. The van der Waals surface area contributed by atoms with Gasteiger partial charge in [0, 0.05) is 28.9 Å². The maximum atomic E-state index is 3.83. The van der Waals surface area contributed by atoms with E-state index in [0.29, 0.717) is 0 Å². The minimum Gasteiger partial charge on any atom is -0.143 e. The van der Waals surface area contributed by atoms with E-state index in [2.05, 4.69) is 61.4 Å². The first-order valence-electron chi connectivity index (χ1n) is 7.24. The summed E-state index contributed by atoms with van der Waals surface area (Å²) in [5, 5.41) is 6.71. The molecule has 0 amide bonds. The van der Waals surface area contributed by atoms with E-state index in [1.165, 1.54) is 39.7 Å². The second-order valence-electron chi connectivity index (χ2n) is 5.06. The summed E-state index contributed by atoms with van der Waals surface area (Å²) in [5.41, 5.74) is 0. The van der Waals surface area contributed by atoms with Gasteiger partial charge < -0.3 is 0 Å². The van der Waals surface area contributed by atoms with Gasteiger partial charge in [0.05, 0.1) is 0 Å². The zero-order valence-corrected chi connectivity index (χ0v) is 15.8. The van der Waals surface area contributed by atoms with Crippen molar-refractivity contribution < 1.29 is 0 Å². The Balaban J connectivity index is 1.83. The highest BCUT2D eigenvalue weighted by molar-refractivity contribution is 8.11.